The van der Waals surface area contributed by atoms with Gasteiger partial charge in [-0.05, 0) is 31.4 Å². The molecule has 2 N–H and O–H groups in total. The third kappa shape index (κ3) is 2.98. The molecule has 1 unspecified atom stereocenters. The maximum atomic E-state index is 12.0. The van der Waals surface area contributed by atoms with Gasteiger partial charge in [0.25, 0.3) is 0 Å². The summed E-state index contributed by atoms with van der Waals surface area (Å²) >= 11 is 0. The third-order valence-corrected chi connectivity index (χ3v) is 4.64. The minimum absolute atomic E-state index is 0.0732. The second-order valence-corrected chi connectivity index (χ2v) is 6.35. The van der Waals surface area contributed by atoms with Gasteiger partial charge >= 0.3 is 0 Å². The van der Waals surface area contributed by atoms with Gasteiger partial charge in [-0.1, -0.05) is 30.4 Å². The summed E-state index contributed by atoms with van der Waals surface area (Å²) in [6.45, 7) is 3.85. The zero-order valence-electron chi connectivity index (χ0n) is 10.0. The van der Waals surface area contributed by atoms with E-state index in [1.165, 1.54) is 12.1 Å². The monoisotopic (exact) mass is 267 g/mol. The Morgan fingerprint density at radius 3 is 2.56 bits per heavy atom. The van der Waals surface area contributed by atoms with Crippen LogP contribution in [-0.4, -0.2) is 19.8 Å². The fraction of sp³-hybridized carbons (Fsp3) is 0.385. The van der Waals surface area contributed by atoms with E-state index in [0.29, 0.717) is 6.42 Å². The second-order valence-electron chi connectivity index (χ2n) is 4.63. The molecule has 18 heavy (non-hydrogen) atoms. The quantitative estimate of drug-likeness (QED) is 0.644. The zero-order chi connectivity index (χ0) is 13.2. The zero-order valence-corrected chi connectivity index (χ0v) is 10.9. The Hall–Kier alpha value is -1.17. The summed E-state index contributed by atoms with van der Waals surface area (Å²) in [6.07, 6.45) is 1.26. The molecule has 1 saturated carbocycles. The third-order valence-electron chi connectivity index (χ3n) is 3.20. The lowest BCUT2D eigenvalue weighted by Gasteiger charge is -2.18. The largest absolute Gasteiger partial charge is 0.377 e. The average Bonchev–Trinajstić information content (AvgIpc) is 2.77. The molecule has 1 aromatic carbocycles. The highest BCUT2D eigenvalue weighted by atomic mass is 32.2. The molecule has 0 heterocycles. The van der Waals surface area contributed by atoms with Crippen molar-refractivity contribution in [3.8, 4) is 0 Å². The van der Waals surface area contributed by atoms with E-state index in [4.69, 9.17) is 0 Å². The highest BCUT2D eigenvalue weighted by Gasteiger charge is 2.28. The molecule has 0 amide bonds. The summed E-state index contributed by atoms with van der Waals surface area (Å²) in [5.74, 6) is -0.0732. The molecule has 0 aliphatic heterocycles. The summed E-state index contributed by atoms with van der Waals surface area (Å²) in [5, 5.41) is 9.93. The Balaban J connectivity index is 2.07. The van der Waals surface area contributed by atoms with Gasteiger partial charge in [0.1, 0.15) is 6.23 Å². The van der Waals surface area contributed by atoms with Crippen molar-refractivity contribution >= 4 is 10.0 Å². The topological polar surface area (TPSA) is 66.4 Å². The maximum Gasteiger partial charge on any atom is 0.242 e. The van der Waals surface area contributed by atoms with Crippen molar-refractivity contribution < 1.29 is 13.5 Å². The standard InChI is InChI=1S/C13H17NO3S/c1-10-7-8-11(9-10)13(15)14-18(16,17)12-5-3-2-4-6-12/h2-6,11,13-15H,1,7-9H2/t11-,13?/m0/s1. The Morgan fingerprint density at radius 1 is 1.33 bits per heavy atom. The molecular formula is C13H17NO3S. The highest BCUT2D eigenvalue weighted by Crippen LogP contribution is 2.31. The average molecular weight is 267 g/mol. The molecule has 0 saturated heterocycles. The van der Waals surface area contributed by atoms with Crippen molar-refractivity contribution in [3.63, 3.8) is 0 Å². The molecule has 0 spiro atoms. The second kappa shape index (κ2) is 5.22. The van der Waals surface area contributed by atoms with E-state index < -0.39 is 16.3 Å². The number of hydrogen-bond acceptors (Lipinski definition) is 3. The van der Waals surface area contributed by atoms with Crippen molar-refractivity contribution in [2.75, 3.05) is 0 Å². The van der Waals surface area contributed by atoms with Crippen LogP contribution in [0.4, 0.5) is 0 Å². The number of aliphatic hydroxyl groups is 1. The SMILES string of the molecule is C=C1CC[C@H](C(O)NS(=O)(=O)c2ccccc2)C1. The number of benzene rings is 1. The first kappa shape index (κ1) is 13.3. The lowest BCUT2D eigenvalue weighted by Crippen LogP contribution is -2.39. The van der Waals surface area contributed by atoms with Gasteiger partial charge in [0.05, 0.1) is 4.90 Å². The molecule has 1 aromatic rings. The van der Waals surface area contributed by atoms with E-state index in [1.807, 2.05) is 0 Å². The summed E-state index contributed by atoms with van der Waals surface area (Å²) in [5.41, 5.74) is 1.07. The smallest absolute Gasteiger partial charge is 0.242 e. The van der Waals surface area contributed by atoms with Crippen LogP contribution in [0.25, 0.3) is 0 Å². The fourth-order valence-corrected chi connectivity index (χ4v) is 3.32. The Kier molecular flexibility index (Phi) is 3.85. The van der Waals surface area contributed by atoms with Crippen LogP contribution in [0.2, 0.25) is 0 Å². The van der Waals surface area contributed by atoms with Gasteiger partial charge in [0.2, 0.25) is 10.0 Å². The molecule has 2 atom stereocenters. The van der Waals surface area contributed by atoms with Crippen molar-refractivity contribution in [1.82, 2.24) is 4.72 Å². The van der Waals surface area contributed by atoms with Gasteiger partial charge in [-0.3, -0.25) is 0 Å². The summed E-state index contributed by atoms with van der Waals surface area (Å²) in [7, 11) is -3.64. The minimum atomic E-state index is -3.64. The van der Waals surface area contributed by atoms with Crippen LogP contribution in [0.3, 0.4) is 0 Å². The predicted octanol–water partition coefficient (Wildman–Crippen LogP) is 1.64. The number of aliphatic hydroxyl groups excluding tert-OH is 1. The summed E-state index contributed by atoms with van der Waals surface area (Å²) in [4.78, 5) is 0.167. The minimum Gasteiger partial charge on any atom is -0.377 e. The first-order valence-corrected chi connectivity index (χ1v) is 7.39. The van der Waals surface area contributed by atoms with Crippen molar-refractivity contribution in [1.29, 1.82) is 0 Å². The lowest BCUT2D eigenvalue weighted by molar-refractivity contribution is 0.102. The van der Waals surface area contributed by atoms with Gasteiger partial charge in [-0.15, -0.1) is 0 Å². The van der Waals surface area contributed by atoms with Crippen LogP contribution in [0.15, 0.2) is 47.4 Å². The van der Waals surface area contributed by atoms with Crippen molar-refractivity contribution in [3.05, 3.63) is 42.5 Å². The molecule has 2 rings (SSSR count). The van der Waals surface area contributed by atoms with Gasteiger partial charge in [-0.25, -0.2) is 8.42 Å². The molecule has 0 radical (unpaired) electrons. The Bertz CT molecular complexity index is 524. The van der Waals surface area contributed by atoms with Crippen LogP contribution in [0.1, 0.15) is 19.3 Å². The van der Waals surface area contributed by atoms with Gasteiger partial charge < -0.3 is 5.11 Å². The molecule has 0 bridgehead atoms. The van der Waals surface area contributed by atoms with E-state index in [1.54, 1.807) is 18.2 Å². The van der Waals surface area contributed by atoms with E-state index in [2.05, 4.69) is 11.3 Å². The predicted molar refractivity (Wildman–Crippen MR) is 69.3 cm³/mol. The molecule has 1 fully saturated rings. The molecule has 5 heteroatoms. The van der Waals surface area contributed by atoms with Crippen LogP contribution < -0.4 is 4.72 Å². The van der Waals surface area contributed by atoms with E-state index in [0.717, 1.165) is 18.4 Å². The number of rotatable bonds is 4. The van der Waals surface area contributed by atoms with Crippen LogP contribution >= 0.6 is 0 Å². The summed E-state index contributed by atoms with van der Waals surface area (Å²) in [6, 6.07) is 8.05. The van der Waals surface area contributed by atoms with E-state index in [-0.39, 0.29) is 10.8 Å². The van der Waals surface area contributed by atoms with E-state index in [9.17, 15) is 13.5 Å². The number of sulfonamides is 1. The molecule has 1 aliphatic rings. The highest BCUT2D eigenvalue weighted by molar-refractivity contribution is 7.89. The summed E-state index contributed by atoms with van der Waals surface area (Å²) < 4.78 is 26.3. The number of allylic oxidation sites excluding steroid dienone is 1. The molecular weight excluding hydrogens is 250 g/mol. The van der Waals surface area contributed by atoms with Crippen LogP contribution in [0.5, 0.6) is 0 Å². The van der Waals surface area contributed by atoms with E-state index >= 15 is 0 Å². The first-order chi connectivity index (χ1) is 8.49. The van der Waals surface area contributed by atoms with Gasteiger partial charge in [0.15, 0.2) is 0 Å². The van der Waals surface area contributed by atoms with Crippen molar-refractivity contribution in [2.45, 2.75) is 30.4 Å². The van der Waals surface area contributed by atoms with Gasteiger partial charge in [0, 0.05) is 5.92 Å². The van der Waals surface area contributed by atoms with Crippen LogP contribution in [-0.2, 0) is 10.0 Å². The molecule has 98 valence electrons. The van der Waals surface area contributed by atoms with Crippen molar-refractivity contribution in [2.24, 2.45) is 5.92 Å². The Labute approximate surface area is 107 Å². The fourth-order valence-electron chi connectivity index (χ4n) is 2.16. The normalized spacial score (nSPS) is 22.1. The van der Waals surface area contributed by atoms with Crippen LogP contribution in [0, 0.1) is 5.92 Å². The lowest BCUT2D eigenvalue weighted by atomic mass is 10.1. The Morgan fingerprint density at radius 2 is 2.00 bits per heavy atom. The molecule has 4 nitrogen and oxygen atoms in total. The maximum absolute atomic E-state index is 12.0. The molecule has 0 aromatic heterocycles. The first-order valence-electron chi connectivity index (χ1n) is 5.91. The van der Waals surface area contributed by atoms with Gasteiger partial charge in [-0.2, -0.15) is 4.72 Å². The number of hydrogen-bond donors (Lipinski definition) is 2. The molecule has 1 aliphatic carbocycles. The number of nitrogens with one attached hydrogen (secondary N) is 1.